The summed E-state index contributed by atoms with van der Waals surface area (Å²) >= 11 is 0. The Morgan fingerprint density at radius 3 is 2.80 bits per heavy atom. The van der Waals surface area contributed by atoms with E-state index in [4.69, 9.17) is 0 Å². The van der Waals surface area contributed by atoms with Crippen LogP contribution >= 0.6 is 0 Å². The van der Waals surface area contributed by atoms with Crippen LogP contribution in [0.2, 0.25) is 0 Å². The van der Waals surface area contributed by atoms with Crippen LogP contribution in [0.1, 0.15) is 52.9 Å². The van der Waals surface area contributed by atoms with Gasteiger partial charge in [0, 0.05) is 18.6 Å². The first-order valence-electron chi connectivity index (χ1n) is 6.72. The van der Waals surface area contributed by atoms with Crippen LogP contribution < -0.4 is 5.32 Å². The number of nitrogens with one attached hydrogen (secondary N) is 1. The van der Waals surface area contributed by atoms with Crippen LogP contribution in [-0.2, 0) is 0 Å². The molecule has 0 aromatic rings. The third-order valence-electron chi connectivity index (χ3n) is 3.42. The van der Waals surface area contributed by atoms with Gasteiger partial charge in [0.05, 0.1) is 0 Å². The van der Waals surface area contributed by atoms with E-state index >= 15 is 0 Å². The Kier molecular flexibility index (Phi) is 6.26. The van der Waals surface area contributed by atoms with Crippen LogP contribution in [0, 0.1) is 0 Å². The number of piperidine rings is 1. The molecule has 90 valence electrons. The molecule has 0 aromatic heterocycles. The molecule has 1 N–H and O–H groups in total. The van der Waals surface area contributed by atoms with Crippen molar-refractivity contribution in [3.05, 3.63) is 0 Å². The molecule has 0 aromatic carbocycles. The number of hydrogen-bond donors (Lipinski definition) is 1. The van der Waals surface area contributed by atoms with Gasteiger partial charge in [0.25, 0.3) is 0 Å². The molecule has 1 rings (SSSR count). The molecule has 1 aliphatic heterocycles. The van der Waals surface area contributed by atoms with Gasteiger partial charge in [-0.05, 0) is 46.2 Å². The van der Waals surface area contributed by atoms with Crippen molar-refractivity contribution in [1.29, 1.82) is 0 Å². The highest BCUT2D eigenvalue weighted by atomic mass is 15.2. The first-order chi connectivity index (χ1) is 7.25. The SMILES string of the molecule is CCCCNC[C@@H]1CCCCN1C(C)C. The summed E-state index contributed by atoms with van der Waals surface area (Å²) in [5.74, 6) is 0. The summed E-state index contributed by atoms with van der Waals surface area (Å²) in [4.78, 5) is 2.67. The van der Waals surface area contributed by atoms with Gasteiger partial charge in [0.1, 0.15) is 0 Å². The third-order valence-corrected chi connectivity index (χ3v) is 3.42. The molecule has 2 heteroatoms. The molecule has 1 heterocycles. The van der Waals surface area contributed by atoms with Gasteiger partial charge < -0.3 is 5.32 Å². The molecule has 0 spiro atoms. The third kappa shape index (κ3) is 4.52. The zero-order valence-electron chi connectivity index (χ0n) is 10.8. The molecular weight excluding hydrogens is 184 g/mol. The van der Waals surface area contributed by atoms with Crippen LogP contribution in [0.5, 0.6) is 0 Å². The van der Waals surface area contributed by atoms with Gasteiger partial charge in [0.2, 0.25) is 0 Å². The highest BCUT2D eigenvalue weighted by Crippen LogP contribution is 2.18. The molecule has 2 nitrogen and oxygen atoms in total. The van der Waals surface area contributed by atoms with Crippen LogP contribution in [0.4, 0.5) is 0 Å². The summed E-state index contributed by atoms with van der Waals surface area (Å²) in [6.45, 7) is 10.6. The number of hydrogen-bond acceptors (Lipinski definition) is 2. The minimum absolute atomic E-state index is 0.711. The van der Waals surface area contributed by atoms with E-state index in [0.29, 0.717) is 6.04 Å². The number of likely N-dealkylation sites (tertiary alicyclic amines) is 1. The first-order valence-corrected chi connectivity index (χ1v) is 6.72. The summed E-state index contributed by atoms with van der Waals surface area (Å²) in [6, 6.07) is 1.50. The van der Waals surface area contributed by atoms with E-state index in [2.05, 4.69) is 31.0 Å². The topological polar surface area (TPSA) is 15.3 Å². The van der Waals surface area contributed by atoms with Crippen LogP contribution in [0.25, 0.3) is 0 Å². The van der Waals surface area contributed by atoms with E-state index in [0.717, 1.165) is 6.04 Å². The summed E-state index contributed by atoms with van der Waals surface area (Å²) in [7, 11) is 0. The van der Waals surface area contributed by atoms with E-state index in [1.54, 1.807) is 0 Å². The second-order valence-corrected chi connectivity index (χ2v) is 5.04. The highest BCUT2D eigenvalue weighted by molar-refractivity contribution is 4.80. The normalized spacial score (nSPS) is 23.6. The maximum absolute atomic E-state index is 3.60. The number of rotatable bonds is 6. The second-order valence-electron chi connectivity index (χ2n) is 5.04. The van der Waals surface area contributed by atoms with Crippen molar-refractivity contribution in [2.24, 2.45) is 0 Å². The molecule has 15 heavy (non-hydrogen) atoms. The molecule has 1 fully saturated rings. The van der Waals surface area contributed by atoms with Gasteiger partial charge >= 0.3 is 0 Å². The second kappa shape index (κ2) is 7.24. The van der Waals surface area contributed by atoms with Gasteiger partial charge in [-0.15, -0.1) is 0 Å². The van der Waals surface area contributed by atoms with E-state index in [1.165, 1.54) is 51.7 Å². The standard InChI is InChI=1S/C13H28N2/c1-4-5-9-14-11-13-8-6-7-10-15(13)12(2)3/h12-14H,4-11H2,1-3H3/t13-/m0/s1. The lowest BCUT2D eigenvalue weighted by molar-refractivity contribution is 0.110. The maximum atomic E-state index is 3.60. The minimum atomic E-state index is 0.711. The fourth-order valence-corrected chi connectivity index (χ4v) is 2.49. The molecule has 0 saturated carbocycles. The van der Waals surface area contributed by atoms with Gasteiger partial charge in [0.15, 0.2) is 0 Å². The van der Waals surface area contributed by atoms with Crippen molar-refractivity contribution in [1.82, 2.24) is 10.2 Å². The number of unbranched alkanes of at least 4 members (excludes halogenated alkanes) is 1. The summed E-state index contributed by atoms with van der Waals surface area (Å²) < 4.78 is 0. The van der Waals surface area contributed by atoms with Crippen LogP contribution in [-0.4, -0.2) is 36.6 Å². The molecule has 0 radical (unpaired) electrons. The Balaban J connectivity index is 2.23. The van der Waals surface area contributed by atoms with Gasteiger partial charge in [-0.3, -0.25) is 4.90 Å². The molecule has 0 bridgehead atoms. The summed E-state index contributed by atoms with van der Waals surface area (Å²) in [6.07, 6.45) is 6.81. The van der Waals surface area contributed by atoms with Crippen molar-refractivity contribution in [3.63, 3.8) is 0 Å². The van der Waals surface area contributed by atoms with Gasteiger partial charge in [-0.1, -0.05) is 19.8 Å². The molecule has 0 unspecified atom stereocenters. The molecule has 0 aliphatic carbocycles. The largest absolute Gasteiger partial charge is 0.315 e. The molecule has 1 atom stereocenters. The van der Waals surface area contributed by atoms with Crippen LogP contribution in [0.3, 0.4) is 0 Å². The lowest BCUT2D eigenvalue weighted by Gasteiger charge is -2.38. The first kappa shape index (κ1) is 13.0. The quantitative estimate of drug-likeness (QED) is 0.681. The van der Waals surface area contributed by atoms with E-state index in [1.807, 2.05) is 0 Å². The molecule has 1 saturated heterocycles. The van der Waals surface area contributed by atoms with Crippen molar-refractivity contribution in [3.8, 4) is 0 Å². The van der Waals surface area contributed by atoms with Crippen molar-refractivity contribution < 1.29 is 0 Å². The Labute approximate surface area is 95.4 Å². The summed E-state index contributed by atoms with van der Waals surface area (Å²) in [5.41, 5.74) is 0. The minimum Gasteiger partial charge on any atom is -0.315 e. The predicted molar refractivity (Wildman–Crippen MR) is 67.3 cm³/mol. The Hall–Kier alpha value is -0.0800. The smallest absolute Gasteiger partial charge is 0.0223 e. The van der Waals surface area contributed by atoms with Crippen LogP contribution in [0.15, 0.2) is 0 Å². The lowest BCUT2D eigenvalue weighted by atomic mass is 10.0. The fourth-order valence-electron chi connectivity index (χ4n) is 2.49. The predicted octanol–water partition coefficient (Wildman–Crippen LogP) is 2.64. The average molecular weight is 212 g/mol. The van der Waals surface area contributed by atoms with Crippen molar-refractivity contribution in [2.75, 3.05) is 19.6 Å². The Morgan fingerprint density at radius 1 is 1.33 bits per heavy atom. The van der Waals surface area contributed by atoms with Gasteiger partial charge in [-0.25, -0.2) is 0 Å². The molecule has 1 aliphatic rings. The number of nitrogens with zero attached hydrogens (tertiary/aromatic N) is 1. The Morgan fingerprint density at radius 2 is 2.13 bits per heavy atom. The lowest BCUT2D eigenvalue weighted by Crippen LogP contribution is -2.48. The Bertz CT molecular complexity index is 157. The zero-order chi connectivity index (χ0) is 11.1. The van der Waals surface area contributed by atoms with E-state index in [9.17, 15) is 0 Å². The monoisotopic (exact) mass is 212 g/mol. The fraction of sp³-hybridized carbons (Fsp3) is 1.00. The average Bonchev–Trinajstić information content (AvgIpc) is 2.25. The van der Waals surface area contributed by atoms with Crippen molar-refractivity contribution >= 4 is 0 Å². The molecule has 0 amide bonds. The summed E-state index contributed by atoms with van der Waals surface area (Å²) in [5, 5.41) is 3.60. The van der Waals surface area contributed by atoms with E-state index < -0.39 is 0 Å². The molecular formula is C13H28N2. The maximum Gasteiger partial charge on any atom is 0.0223 e. The highest BCUT2D eigenvalue weighted by Gasteiger charge is 2.23. The zero-order valence-corrected chi connectivity index (χ0v) is 10.8. The van der Waals surface area contributed by atoms with Crippen molar-refractivity contribution in [2.45, 2.75) is 65.0 Å². The van der Waals surface area contributed by atoms with E-state index in [-0.39, 0.29) is 0 Å². The van der Waals surface area contributed by atoms with Gasteiger partial charge in [-0.2, -0.15) is 0 Å².